The number of amides is 1. The molecule has 1 aliphatic carbocycles. The van der Waals surface area contributed by atoms with Gasteiger partial charge in [-0.05, 0) is 12.8 Å². The molecule has 0 unspecified atom stereocenters. The lowest BCUT2D eigenvalue weighted by Crippen LogP contribution is -2.63. The number of hydrogen-bond donors (Lipinski definition) is 1. The van der Waals surface area contributed by atoms with Gasteiger partial charge in [0.15, 0.2) is 0 Å². The minimum atomic E-state index is 0.196. The van der Waals surface area contributed by atoms with Gasteiger partial charge in [-0.15, -0.1) is 13.2 Å². The summed E-state index contributed by atoms with van der Waals surface area (Å²) in [6, 6.07) is 0. The first-order valence-electron chi connectivity index (χ1n) is 8.17. The highest BCUT2D eigenvalue weighted by Crippen LogP contribution is 2.34. The fourth-order valence-electron chi connectivity index (χ4n) is 3.69. The first-order valence-corrected chi connectivity index (χ1v) is 8.17. The number of carbonyl (C=O) groups excluding carboxylic acids is 1. The Balaban J connectivity index is 2.02. The summed E-state index contributed by atoms with van der Waals surface area (Å²) < 4.78 is 0. The van der Waals surface area contributed by atoms with E-state index in [-0.39, 0.29) is 11.4 Å². The molecule has 1 heterocycles. The van der Waals surface area contributed by atoms with E-state index >= 15 is 0 Å². The van der Waals surface area contributed by atoms with Crippen LogP contribution in [-0.4, -0.2) is 60.5 Å². The number of rotatable bonds is 6. The van der Waals surface area contributed by atoms with Gasteiger partial charge in [0.05, 0.1) is 6.54 Å². The van der Waals surface area contributed by atoms with Crippen LogP contribution in [0.4, 0.5) is 0 Å². The van der Waals surface area contributed by atoms with E-state index in [1.165, 1.54) is 32.1 Å². The minimum absolute atomic E-state index is 0.196. The third-order valence-electron chi connectivity index (χ3n) is 4.85. The van der Waals surface area contributed by atoms with E-state index in [9.17, 15) is 4.79 Å². The molecule has 1 saturated heterocycles. The number of hydrogen-bond acceptors (Lipinski definition) is 3. The Morgan fingerprint density at radius 3 is 2.48 bits per heavy atom. The molecule has 0 bridgehead atoms. The number of nitrogens with zero attached hydrogens (tertiary/aromatic N) is 2. The van der Waals surface area contributed by atoms with Gasteiger partial charge in [0.2, 0.25) is 5.91 Å². The molecule has 2 fully saturated rings. The van der Waals surface area contributed by atoms with E-state index in [0.717, 1.165) is 19.6 Å². The molecule has 0 radical (unpaired) electrons. The Morgan fingerprint density at radius 2 is 1.86 bits per heavy atom. The smallest absolute Gasteiger partial charge is 0.237 e. The molecule has 4 heteroatoms. The van der Waals surface area contributed by atoms with Crippen LogP contribution in [0, 0.1) is 0 Å². The standard InChI is InChI=1S/C17H29N3O/c1-3-11-19(12-4-2)16(21)14-20-13-10-18-15-17(20)8-6-5-7-9-17/h3-4,18H,1-2,5-15H2. The van der Waals surface area contributed by atoms with Crippen molar-refractivity contribution in [1.82, 2.24) is 15.1 Å². The van der Waals surface area contributed by atoms with E-state index in [1.54, 1.807) is 12.2 Å². The number of nitrogens with one attached hydrogen (secondary N) is 1. The molecule has 2 rings (SSSR count). The zero-order valence-electron chi connectivity index (χ0n) is 13.1. The van der Waals surface area contributed by atoms with Gasteiger partial charge in [0.25, 0.3) is 0 Å². The predicted molar refractivity (Wildman–Crippen MR) is 87.2 cm³/mol. The van der Waals surface area contributed by atoms with E-state index in [2.05, 4.69) is 23.4 Å². The zero-order valence-corrected chi connectivity index (χ0v) is 13.1. The molecule has 118 valence electrons. The molecule has 1 aliphatic heterocycles. The largest absolute Gasteiger partial charge is 0.334 e. The Hall–Kier alpha value is -1.13. The van der Waals surface area contributed by atoms with Crippen molar-refractivity contribution in [1.29, 1.82) is 0 Å². The van der Waals surface area contributed by atoms with Crippen LogP contribution in [0.1, 0.15) is 32.1 Å². The van der Waals surface area contributed by atoms with Gasteiger partial charge in [-0.2, -0.15) is 0 Å². The van der Waals surface area contributed by atoms with Crippen molar-refractivity contribution in [3.63, 3.8) is 0 Å². The quantitative estimate of drug-likeness (QED) is 0.758. The van der Waals surface area contributed by atoms with Crippen LogP contribution in [-0.2, 0) is 4.79 Å². The van der Waals surface area contributed by atoms with Crippen molar-refractivity contribution >= 4 is 5.91 Å². The maximum Gasteiger partial charge on any atom is 0.237 e. The highest BCUT2D eigenvalue weighted by molar-refractivity contribution is 5.78. The van der Waals surface area contributed by atoms with Crippen LogP contribution in [0.15, 0.2) is 25.3 Å². The molecule has 0 aromatic rings. The van der Waals surface area contributed by atoms with Crippen LogP contribution >= 0.6 is 0 Å². The first-order chi connectivity index (χ1) is 10.2. The molecule has 4 nitrogen and oxygen atoms in total. The predicted octanol–water partition coefficient (Wildman–Crippen LogP) is 1.80. The second-order valence-corrected chi connectivity index (χ2v) is 6.26. The van der Waals surface area contributed by atoms with Crippen molar-refractivity contribution in [2.45, 2.75) is 37.6 Å². The molecule has 0 atom stereocenters. The van der Waals surface area contributed by atoms with Gasteiger partial charge in [-0.1, -0.05) is 31.4 Å². The lowest BCUT2D eigenvalue weighted by atomic mass is 9.79. The summed E-state index contributed by atoms with van der Waals surface area (Å²) in [6.45, 7) is 12.2. The topological polar surface area (TPSA) is 35.6 Å². The van der Waals surface area contributed by atoms with Gasteiger partial charge >= 0.3 is 0 Å². The average Bonchev–Trinajstić information content (AvgIpc) is 2.50. The molecule has 1 saturated carbocycles. The molecular formula is C17H29N3O. The molecule has 0 aromatic heterocycles. The van der Waals surface area contributed by atoms with Crippen molar-refractivity contribution in [2.75, 3.05) is 39.3 Å². The highest BCUT2D eigenvalue weighted by Gasteiger charge is 2.40. The number of carbonyl (C=O) groups is 1. The molecule has 2 aliphatic rings. The van der Waals surface area contributed by atoms with E-state index in [0.29, 0.717) is 19.6 Å². The van der Waals surface area contributed by atoms with Crippen LogP contribution in [0.5, 0.6) is 0 Å². The first kappa shape index (κ1) is 16.2. The molecule has 1 amide bonds. The van der Waals surface area contributed by atoms with Crippen LogP contribution < -0.4 is 5.32 Å². The summed E-state index contributed by atoms with van der Waals surface area (Å²) in [5.74, 6) is 0.196. The van der Waals surface area contributed by atoms with E-state index in [4.69, 9.17) is 0 Å². The monoisotopic (exact) mass is 291 g/mol. The summed E-state index contributed by atoms with van der Waals surface area (Å²) in [6.07, 6.45) is 9.92. The fourth-order valence-corrected chi connectivity index (χ4v) is 3.69. The van der Waals surface area contributed by atoms with Crippen LogP contribution in [0.2, 0.25) is 0 Å². The maximum absolute atomic E-state index is 12.6. The van der Waals surface area contributed by atoms with Gasteiger partial charge in [0, 0.05) is 38.3 Å². The molecule has 1 N–H and O–H groups in total. The van der Waals surface area contributed by atoms with E-state index < -0.39 is 0 Å². The number of piperazine rings is 1. The summed E-state index contributed by atoms with van der Waals surface area (Å²) in [4.78, 5) is 16.9. The maximum atomic E-state index is 12.6. The SMILES string of the molecule is C=CCN(CC=C)C(=O)CN1CCNCC12CCCCC2. The third kappa shape index (κ3) is 3.95. The van der Waals surface area contributed by atoms with Crippen molar-refractivity contribution in [3.8, 4) is 0 Å². The fraction of sp³-hybridized carbons (Fsp3) is 0.706. The van der Waals surface area contributed by atoms with Crippen molar-refractivity contribution in [3.05, 3.63) is 25.3 Å². The van der Waals surface area contributed by atoms with Crippen molar-refractivity contribution in [2.24, 2.45) is 0 Å². The van der Waals surface area contributed by atoms with Crippen LogP contribution in [0.25, 0.3) is 0 Å². The highest BCUT2D eigenvalue weighted by atomic mass is 16.2. The Kier molecular flexibility index (Phi) is 6.00. The third-order valence-corrected chi connectivity index (χ3v) is 4.85. The van der Waals surface area contributed by atoms with Gasteiger partial charge in [-0.25, -0.2) is 0 Å². The summed E-state index contributed by atoms with van der Waals surface area (Å²) in [5, 5.41) is 3.53. The zero-order chi connectivity index (χ0) is 15.1. The lowest BCUT2D eigenvalue weighted by Gasteiger charge is -2.50. The van der Waals surface area contributed by atoms with Gasteiger partial charge in [-0.3, -0.25) is 9.69 Å². The van der Waals surface area contributed by atoms with Gasteiger partial charge in [0.1, 0.15) is 0 Å². The van der Waals surface area contributed by atoms with Crippen molar-refractivity contribution < 1.29 is 4.79 Å². The van der Waals surface area contributed by atoms with Gasteiger partial charge < -0.3 is 10.2 Å². The molecule has 21 heavy (non-hydrogen) atoms. The minimum Gasteiger partial charge on any atom is -0.334 e. The average molecular weight is 291 g/mol. The van der Waals surface area contributed by atoms with Crippen LogP contribution in [0.3, 0.4) is 0 Å². The van der Waals surface area contributed by atoms with E-state index in [1.807, 2.05) is 4.90 Å². The molecule has 1 spiro atoms. The Morgan fingerprint density at radius 1 is 1.19 bits per heavy atom. The summed E-state index contributed by atoms with van der Waals surface area (Å²) >= 11 is 0. The Bertz CT molecular complexity index is 356. The second kappa shape index (κ2) is 7.76. The second-order valence-electron chi connectivity index (χ2n) is 6.26. The Labute approximate surface area is 128 Å². The lowest BCUT2D eigenvalue weighted by molar-refractivity contribution is -0.134. The summed E-state index contributed by atoms with van der Waals surface area (Å²) in [5.41, 5.74) is 0.209. The molecule has 0 aromatic carbocycles. The molecular weight excluding hydrogens is 262 g/mol. The summed E-state index contributed by atoms with van der Waals surface area (Å²) in [7, 11) is 0. The normalized spacial score (nSPS) is 21.9.